The van der Waals surface area contributed by atoms with E-state index in [0.717, 1.165) is 16.2 Å². The van der Waals surface area contributed by atoms with Gasteiger partial charge in [-0.1, -0.05) is 23.7 Å². The van der Waals surface area contributed by atoms with Crippen molar-refractivity contribution in [1.29, 1.82) is 0 Å². The van der Waals surface area contributed by atoms with Crippen molar-refractivity contribution in [2.75, 3.05) is 18.1 Å². The second-order valence-corrected chi connectivity index (χ2v) is 11.4. The predicted octanol–water partition coefficient (Wildman–Crippen LogP) is 4.21. The number of nitrogens with zero attached hydrogens (tertiary/aromatic N) is 1. The van der Waals surface area contributed by atoms with Crippen LogP contribution in [0.15, 0.2) is 53.4 Å². The van der Waals surface area contributed by atoms with Gasteiger partial charge in [0.2, 0.25) is 0 Å². The van der Waals surface area contributed by atoms with Gasteiger partial charge < -0.3 is 9.64 Å². The molecule has 1 fully saturated rings. The van der Waals surface area contributed by atoms with E-state index in [2.05, 4.69) is 0 Å². The highest BCUT2D eigenvalue weighted by Crippen LogP contribution is 2.24. The predicted molar refractivity (Wildman–Crippen MR) is 127 cm³/mol. The van der Waals surface area contributed by atoms with Crippen molar-refractivity contribution < 1.29 is 22.7 Å². The van der Waals surface area contributed by atoms with E-state index < -0.39 is 21.9 Å². The molecule has 1 aliphatic rings. The number of benzene rings is 2. The fourth-order valence-electron chi connectivity index (χ4n) is 3.56. The Morgan fingerprint density at radius 3 is 2.38 bits per heavy atom. The van der Waals surface area contributed by atoms with E-state index in [1.54, 1.807) is 30.8 Å². The third-order valence-electron chi connectivity index (χ3n) is 5.31. The maximum atomic E-state index is 12.8. The Bertz CT molecular complexity index is 1050. The van der Waals surface area contributed by atoms with Crippen molar-refractivity contribution in [3.8, 4) is 0 Å². The molecule has 0 saturated carbocycles. The van der Waals surface area contributed by atoms with Crippen LogP contribution >= 0.6 is 23.4 Å². The molecule has 1 aliphatic heterocycles. The fourth-order valence-corrected chi connectivity index (χ4v) is 6.27. The molecular weight excluding hydrogens is 470 g/mol. The Morgan fingerprint density at radius 2 is 1.81 bits per heavy atom. The Morgan fingerprint density at radius 1 is 1.16 bits per heavy atom. The number of sulfone groups is 1. The number of hydrogen-bond donors (Lipinski definition) is 0. The lowest BCUT2D eigenvalue weighted by Gasteiger charge is -2.29. The van der Waals surface area contributed by atoms with Gasteiger partial charge in [-0.15, -0.1) is 11.8 Å². The molecule has 32 heavy (non-hydrogen) atoms. The summed E-state index contributed by atoms with van der Waals surface area (Å²) in [6.07, 6.45) is -0.580. The summed E-state index contributed by atoms with van der Waals surface area (Å²) >= 11 is 7.56. The lowest BCUT2D eigenvalue weighted by molar-refractivity contribution is -0.141. The topological polar surface area (TPSA) is 80.8 Å². The summed E-state index contributed by atoms with van der Waals surface area (Å²) in [6.45, 7) is 3.67. The second kappa shape index (κ2) is 10.7. The van der Waals surface area contributed by atoms with E-state index in [0.29, 0.717) is 23.6 Å². The molecular formula is C23H26ClNO5S2. The fraction of sp³-hybridized carbons (Fsp3) is 0.391. The standard InChI is InChI=1S/C23H26ClNO5S2/c1-3-25(20-12-13-32(28,29)15-20)22(26)16(2)30-23(27)18-6-4-17(5-7-18)14-31-21-10-8-19(24)9-11-21/h4-11,16,20H,3,12-15H2,1-2H3. The molecule has 0 N–H and O–H groups in total. The summed E-state index contributed by atoms with van der Waals surface area (Å²) in [4.78, 5) is 27.9. The first-order chi connectivity index (χ1) is 15.2. The minimum atomic E-state index is -3.11. The van der Waals surface area contributed by atoms with Crippen molar-refractivity contribution in [1.82, 2.24) is 4.90 Å². The van der Waals surface area contributed by atoms with E-state index in [4.69, 9.17) is 16.3 Å². The first-order valence-corrected chi connectivity index (χ1v) is 13.6. The molecule has 0 aromatic heterocycles. The molecule has 2 unspecified atom stereocenters. The van der Waals surface area contributed by atoms with E-state index in [-0.39, 0.29) is 23.5 Å². The molecule has 0 bridgehead atoms. The molecule has 2 aromatic carbocycles. The Balaban J connectivity index is 1.55. The van der Waals surface area contributed by atoms with Crippen molar-refractivity contribution in [2.45, 2.75) is 43.1 Å². The van der Waals surface area contributed by atoms with Gasteiger partial charge in [0.25, 0.3) is 5.91 Å². The summed E-state index contributed by atoms with van der Waals surface area (Å²) in [6, 6.07) is 14.3. The average Bonchev–Trinajstić information content (AvgIpc) is 3.13. The first-order valence-electron chi connectivity index (χ1n) is 10.4. The van der Waals surface area contributed by atoms with Gasteiger partial charge in [0.1, 0.15) is 0 Å². The molecule has 1 amide bonds. The summed E-state index contributed by atoms with van der Waals surface area (Å²) < 4.78 is 28.9. The third kappa shape index (κ3) is 6.49. The SMILES string of the molecule is CCN(C(=O)C(C)OC(=O)c1ccc(CSc2ccc(Cl)cc2)cc1)C1CCS(=O)(=O)C1. The summed E-state index contributed by atoms with van der Waals surface area (Å²) in [7, 11) is -3.11. The van der Waals surface area contributed by atoms with Crippen LogP contribution in [0.25, 0.3) is 0 Å². The van der Waals surface area contributed by atoms with Crippen LogP contribution in [0.4, 0.5) is 0 Å². The van der Waals surface area contributed by atoms with Gasteiger partial charge in [0.15, 0.2) is 15.9 Å². The number of carbonyl (C=O) groups excluding carboxylic acids is 2. The van der Waals surface area contributed by atoms with Crippen molar-refractivity contribution in [3.05, 3.63) is 64.7 Å². The highest BCUT2D eigenvalue weighted by atomic mass is 35.5. The number of hydrogen-bond acceptors (Lipinski definition) is 6. The molecule has 2 atom stereocenters. The molecule has 6 nitrogen and oxygen atoms in total. The molecule has 0 spiro atoms. The Kier molecular flexibility index (Phi) is 8.25. The molecule has 0 radical (unpaired) electrons. The zero-order chi connectivity index (χ0) is 23.3. The number of rotatable bonds is 8. The number of thioether (sulfide) groups is 1. The monoisotopic (exact) mass is 495 g/mol. The van der Waals surface area contributed by atoms with Gasteiger partial charge in [-0.05, 0) is 62.2 Å². The zero-order valence-electron chi connectivity index (χ0n) is 18.0. The average molecular weight is 496 g/mol. The minimum absolute atomic E-state index is 0.0389. The number of likely N-dealkylation sites (N-methyl/N-ethyl adjacent to an activating group) is 1. The normalized spacial score (nSPS) is 18.2. The van der Waals surface area contributed by atoms with E-state index in [9.17, 15) is 18.0 Å². The number of esters is 1. The van der Waals surface area contributed by atoms with Crippen molar-refractivity contribution in [2.24, 2.45) is 0 Å². The van der Waals surface area contributed by atoms with Crippen LogP contribution in [0.1, 0.15) is 36.2 Å². The highest BCUT2D eigenvalue weighted by molar-refractivity contribution is 7.98. The lowest BCUT2D eigenvalue weighted by atomic mass is 10.1. The Labute approximate surface area is 198 Å². The molecule has 2 aromatic rings. The van der Waals surface area contributed by atoms with Crippen LogP contribution in [0, 0.1) is 0 Å². The molecule has 3 rings (SSSR count). The largest absolute Gasteiger partial charge is 0.449 e. The maximum Gasteiger partial charge on any atom is 0.338 e. The third-order valence-corrected chi connectivity index (χ3v) is 8.40. The molecule has 0 aliphatic carbocycles. The first kappa shape index (κ1) is 24.6. The van der Waals surface area contributed by atoms with Gasteiger partial charge in [-0.3, -0.25) is 4.79 Å². The Hall–Kier alpha value is -2.03. The highest BCUT2D eigenvalue weighted by Gasteiger charge is 2.36. The quantitative estimate of drug-likeness (QED) is 0.403. The number of amides is 1. The summed E-state index contributed by atoms with van der Waals surface area (Å²) in [5.74, 6) is -0.181. The number of halogens is 1. The molecule has 1 heterocycles. The van der Waals surface area contributed by atoms with Gasteiger partial charge in [-0.2, -0.15) is 0 Å². The van der Waals surface area contributed by atoms with Crippen LogP contribution < -0.4 is 0 Å². The van der Waals surface area contributed by atoms with E-state index in [1.165, 1.54) is 11.8 Å². The van der Waals surface area contributed by atoms with Crippen LogP contribution in [0.3, 0.4) is 0 Å². The molecule has 1 saturated heterocycles. The zero-order valence-corrected chi connectivity index (χ0v) is 20.4. The number of ether oxygens (including phenoxy) is 1. The van der Waals surface area contributed by atoms with Gasteiger partial charge in [0.05, 0.1) is 17.1 Å². The van der Waals surface area contributed by atoms with E-state index >= 15 is 0 Å². The second-order valence-electron chi connectivity index (χ2n) is 7.67. The van der Waals surface area contributed by atoms with Crippen LogP contribution in [-0.4, -0.2) is 55.4 Å². The van der Waals surface area contributed by atoms with Gasteiger partial charge >= 0.3 is 5.97 Å². The summed E-state index contributed by atoms with van der Waals surface area (Å²) in [5.41, 5.74) is 1.40. The van der Waals surface area contributed by atoms with Crippen molar-refractivity contribution >= 4 is 45.1 Å². The lowest BCUT2D eigenvalue weighted by Crippen LogP contribution is -2.46. The van der Waals surface area contributed by atoms with Gasteiger partial charge in [0, 0.05) is 28.3 Å². The van der Waals surface area contributed by atoms with Crippen molar-refractivity contribution in [3.63, 3.8) is 0 Å². The molecule has 9 heteroatoms. The molecule has 172 valence electrons. The van der Waals surface area contributed by atoms with E-state index in [1.807, 2.05) is 36.4 Å². The number of carbonyl (C=O) groups is 2. The maximum absolute atomic E-state index is 12.8. The van der Waals surface area contributed by atoms with Crippen LogP contribution in [-0.2, 0) is 25.1 Å². The van der Waals surface area contributed by atoms with Crippen LogP contribution in [0.5, 0.6) is 0 Å². The summed E-state index contributed by atoms with van der Waals surface area (Å²) in [5, 5.41) is 0.695. The minimum Gasteiger partial charge on any atom is -0.449 e. The van der Waals surface area contributed by atoms with Gasteiger partial charge in [-0.25, -0.2) is 13.2 Å². The smallest absolute Gasteiger partial charge is 0.338 e. The van der Waals surface area contributed by atoms with Crippen LogP contribution in [0.2, 0.25) is 5.02 Å².